The van der Waals surface area contributed by atoms with Crippen molar-refractivity contribution in [1.82, 2.24) is 15.0 Å². The van der Waals surface area contributed by atoms with Gasteiger partial charge in [-0.1, -0.05) is 23.2 Å². The number of halogens is 2. The molecule has 0 N–H and O–H groups in total. The van der Waals surface area contributed by atoms with Crippen molar-refractivity contribution < 1.29 is 14.4 Å². The molecule has 0 spiro atoms. The maximum absolute atomic E-state index is 12.4. The largest absolute Gasteiger partial charge is 0.351 e. The monoisotopic (exact) mass is 324 g/mol. The van der Waals surface area contributed by atoms with Crippen LogP contribution in [0.5, 0.6) is 0 Å². The van der Waals surface area contributed by atoms with Crippen LogP contribution in [0.25, 0.3) is 0 Å². The molecule has 0 aromatic carbocycles. The fourth-order valence-electron chi connectivity index (χ4n) is 2.49. The SMILES string of the molecule is [B]C(=O)N1CCC2C(=O)N(c3cc(Cl)nc(Cl)c3)C(=O)N21. The first kappa shape index (κ1) is 14.2. The van der Waals surface area contributed by atoms with Crippen LogP contribution in [0.2, 0.25) is 10.3 Å². The molecule has 2 saturated heterocycles. The van der Waals surface area contributed by atoms with E-state index in [1.54, 1.807) is 0 Å². The van der Waals surface area contributed by atoms with E-state index < -0.39 is 23.8 Å². The Labute approximate surface area is 130 Å². The number of amides is 4. The summed E-state index contributed by atoms with van der Waals surface area (Å²) >= 11 is 11.6. The number of nitrogens with zero attached hydrogens (tertiary/aromatic N) is 4. The van der Waals surface area contributed by atoms with Crippen LogP contribution in [0, 0.1) is 0 Å². The van der Waals surface area contributed by atoms with Crippen LogP contribution in [0.1, 0.15) is 6.42 Å². The lowest BCUT2D eigenvalue weighted by Gasteiger charge is -2.25. The molecule has 7 nitrogen and oxygen atoms in total. The van der Waals surface area contributed by atoms with Gasteiger partial charge in [0, 0.05) is 6.54 Å². The molecule has 0 aliphatic carbocycles. The molecular weight excluding hydrogens is 318 g/mol. The van der Waals surface area contributed by atoms with Crippen LogP contribution in [0.4, 0.5) is 15.3 Å². The molecule has 0 bridgehead atoms. The van der Waals surface area contributed by atoms with Gasteiger partial charge in [0.25, 0.3) is 5.91 Å². The van der Waals surface area contributed by atoms with E-state index in [0.717, 1.165) is 14.9 Å². The highest BCUT2D eigenvalue weighted by Gasteiger charge is 2.52. The zero-order valence-corrected chi connectivity index (χ0v) is 12.0. The molecule has 10 heteroatoms. The highest BCUT2D eigenvalue weighted by Crippen LogP contribution is 2.33. The third-order valence-electron chi connectivity index (χ3n) is 3.32. The van der Waals surface area contributed by atoms with Crippen molar-refractivity contribution >= 4 is 54.5 Å². The Balaban J connectivity index is 2.00. The number of rotatable bonds is 1. The molecule has 2 radical (unpaired) electrons. The molecular formula is C11H7BCl2N4O3. The minimum atomic E-state index is -0.786. The summed E-state index contributed by atoms with van der Waals surface area (Å²) in [5, 5.41) is 2.22. The van der Waals surface area contributed by atoms with E-state index in [2.05, 4.69) is 4.98 Å². The normalized spacial score (nSPS) is 21.2. The van der Waals surface area contributed by atoms with Gasteiger partial charge in [0.05, 0.1) is 5.69 Å². The van der Waals surface area contributed by atoms with E-state index >= 15 is 0 Å². The summed E-state index contributed by atoms with van der Waals surface area (Å²) in [6.45, 7) is 0.225. The number of hydrazine groups is 1. The summed E-state index contributed by atoms with van der Waals surface area (Å²) in [6, 6.07) is 1.29. The predicted octanol–water partition coefficient (Wildman–Crippen LogP) is 1.43. The summed E-state index contributed by atoms with van der Waals surface area (Å²) < 4.78 is 0. The number of fused-ring (bicyclic) bond motifs is 1. The number of hydrogen-bond donors (Lipinski definition) is 0. The smallest absolute Gasteiger partial charge is 0.287 e. The van der Waals surface area contributed by atoms with Crippen LogP contribution < -0.4 is 4.90 Å². The number of anilines is 1. The Bertz CT molecular complexity index is 651. The molecule has 3 rings (SSSR count). The van der Waals surface area contributed by atoms with Crippen molar-refractivity contribution in [2.45, 2.75) is 12.5 Å². The van der Waals surface area contributed by atoms with Crippen molar-refractivity contribution in [1.29, 1.82) is 0 Å². The molecule has 2 aliphatic heterocycles. The van der Waals surface area contributed by atoms with Gasteiger partial charge in [0.15, 0.2) is 5.81 Å². The molecule has 3 heterocycles. The second kappa shape index (κ2) is 4.89. The number of aromatic nitrogens is 1. The molecule has 1 atom stereocenters. The van der Waals surface area contributed by atoms with E-state index in [1.165, 1.54) is 12.1 Å². The number of carbonyl (C=O) groups is 3. The van der Waals surface area contributed by atoms with Gasteiger partial charge in [-0.05, 0) is 18.6 Å². The second-order valence-electron chi connectivity index (χ2n) is 4.54. The molecule has 1 aromatic heterocycles. The lowest BCUT2D eigenvalue weighted by Crippen LogP contribution is -2.45. The van der Waals surface area contributed by atoms with Crippen molar-refractivity contribution in [2.75, 3.05) is 11.4 Å². The van der Waals surface area contributed by atoms with Crippen LogP contribution in [0.15, 0.2) is 12.1 Å². The van der Waals surface area contributed by atoms with Crippen molar-refractivity contribution in [3.8, 4) is 0 Å². The lowest BCUT2D eigenvalue weighted by molar-refractivity contribution is -0.120. The number of carbonyl (C=O) groups excluding carboxylic acids is 3. The van der Waals surface area contributed by atoms with Gasteiger partial charge in [-0.2, -0.15) is 0 Å². The van der Waals surface area contributed by atoms with Crippen LogP contribution in [-0.2, 0) is 4.79 Å². The summed E-state index contributed by atoms with van der Waals surface area (Å²) in [6.07, 6.45) is 0.330. The number of hydrogen-bond acceptors (Lipinski definition) is 4. The van der Waals surface area contributed by atoms with E-state index in [1.807, 2.05) is 0 Å². The van der Waals surface area contributed by atoms with Gasteiger partial charge in [-0.3, -0.25) is 14.6 Å². The number of urea groups is 1. The Kier molecular flexibility index (Phi) is 3.29. The fourth-order valence-corrected chi connectivity index (χ4v) is 2.94. The first-order valence-electron chi connectivity index (χ1n) is 5.97. The molecule has 0 saturated carbocycles. The maximum atomic E-state index is 12.4. The predicted molar refractivity (Wildman–Crippen MR) is 75.2 cm³/mol. The quantitative estimate of drug-likeness (QED) is 0.445. The van der Waals surface area contributed by atoms with Gasteiger partial charge >= 0.3 is 6.03 Å². The molecule has 21 heavy (non-hydrogen) atoms. The van der Waals surface area contributed by atoms with Crippen molar-refractivity contribution in [3.05, 3.63) is 22.4 Å². The van der Waals surface area contributed by atoms with Gasteiger partial charge in [-0.15, -0.1) is 0 Å². The van der Waals surface area contributed by atoms with Crippen LogP contribution >= 0.6 is 23.2 Å². The molecule has 2 fully saturated rings. The average Bonchev–Trinajstić information content (AvgIpc) is 2.90. The number of imide groups is 1. The van der Waals surface area contributed by atoms with Crippen molar-refractivity contribution in [2.24, 2.45) is 0 Å². The van der Waals surface area contributed by atoms with Gasteiger partial charge in [0.2, 0.25) is 7.85 Å². The molecule has 2 aliphatic rings. The Morgan fingerprint density at radius 3 is 2.48 bits per heavy atom. The zero-order chi connectivity index (χ0) is 15.3. The van der Waals surface area contributed by atoms with Gasteiger partial charge in [-0.25, -0.2) is 19.7 Å². The third-order valence-corrected chi connectivity index (χ3v) is 3.71. The summed E-state index contributed by atoms with van der Waals surface area (Å²) in [5.74, 6) is -1.24. The van der Waals surface area contributed by atoms with Crippen molar-refractivity contribution in [3.63, 3.8) is 0 Å². The first-order chi connectivity index (χ1) is 9.90. The Morgan fingerprint density at radius 2 is 1.90 bits per heavy atom. The first-order valence-corrected chi connectivity index (χ1v) is 6.73. The second-order valence-corrected chi connectivity index (χ2v) is 5.31. The summed E-state index contributed by atoms with van der Waals surface area (Å²) in [4.78, 5) is 40.8. The molecule has 106 valence electrons. The molecule has 1 unspecified atom stereocenters. The lowest BCUT2D eigenvalue weighted by atomic mass is 10.1. The van der Waals surface area contributed by atoms with E-state index in [0.29, 0.717) is 6.42 Å². The molecule has 4 amide bonds. The van der Waals surface area contributed by atoms with Gasteiger partial charge < -0.3 is 0 Å². The minimum Gasteiger partial charge on any atom is -0.287 e. The standard InChI is InChI=1S/C11H7BCl2N4O3/c12-10(20)16-2-1-6-9(19)17(11(21)18(6)16)5-3-7(13)15-8(14)4-5/h3-4,6H,1-2H2. The van der Waals surface area contributed by atoms with E-state index in [-0.39, 0.29) is 22.5 Å². The summed E-state index contributed by atoms with van der Waals surface area (Å²) in [5.41, 5.74) is 0.203. The minimum absolute atomic E-state index is 0.0527. The molecule has 1 aromatic rings. The average molecular weight is 325 g/mol. The van der Waals surface area contributed by atoms with Gasteiger partial charge in [0.1, 0.15) is 16.3 Å². The Morgan fingerprint density at radius 1 is 1.29 bits per heavy atom. The Hall–Kier alpha value is -1.80. The van der Waals surface area contributed by atoms with Crippen LogP contribution in [-0.4, -0.2) is 53.2 Å². The zero-order valence-electron chi connectivity index (χ0n) is 10.5. The van der Waals surface area contributed by atoms with E-state index in [4.69, 9.17) is 31.0 Å². The number of pyridine rings is 1. The van der Waals surface area contributed by atoms with Crippen LogP contribution in [0.3, 0.4) is 0 Å². The third kappa shape index (κ3) is 2.15. The summed E-state index contributed by atoms with van der Waals surface area (Å²) in [7, 11) is 5.20. The highest BCUT2D eigenvalue weighted by atomic mass is 35.5. The topological polar surface area (TPSA) is 73.8 Å². The van der Waals surface area contributed by atoms with E-state index in [9.17, 15) is 14.4 Å². The highest BCUT2D eigenvalue weighted by molar-refractivity contribution is 6.57. The fraction of sp³-hybridized carbons (Fsp3) is 0.273. The maximum Gasteiger partial charge on any atom is 0.351 e.